The Morgan fingerprint density at radius 2 is 1.33 bits per heavy atom. The molecule has 0 aliphatic carbocycles. The van der Waals surface area contributed by atoms with Crippen LogP contribution < -0.4 is 0 Å². The van der Waals surface area contributed by atoms with Crippen molar-refractivity contribution in [1.82, 2.24) is 0 Å². The van der Waals surface area contributed by atoms with Crippen LogP contribution in [0.25, 0.3) is 0 Å². The zero-order valence-electron chi connectivity index (χ0n) is 4.57. The number of hydrogen-bond donors (Lipinski definition) is 3. The predicted octanol–water partition coefficient (Wildman–Crippen LogP) is 2.55. The second-order valence-corrected chi connectivity index (χ2v) is 3.06. The third-order valence-electron chi connectivity index (χ3n) is 0.993. The Bertz CT molecular complexity index is 199. The van der Waals surface area contributed by atoms with Crippen LogP contribution in [0.15, 0.2) is 32.9 Å². The normalized spacial score (nSPS) is 9.67. The van der Waals surface area contributed by atoms with Gasteiger partial charge in [0.15, 0.2) is 0 Å². The van der Waals surface area contributed by atoms with E-state index in [1.54, 1.807) is 0 Å². The number of hydrogen-bond acceptors (Lipinski definition) is 3. The molecule has 1 aromatic rings. The van der Waals surface area contributed by atoms with Gasteiger partial charge >= 0.3 is 0 Å². The second kappa shape index (κ2) is 2.90. The van der Waals surface area contributed by atoms with Gasteiger partial charge in [-0.05, 0) is 12.1 Å². The minimum absolute atomic E-state index is 0.837. The van der Waals surface area contributed by atoms with E-state index in [0.29, 0.717) is 0 Å². The van der Waals surface area contributed by atoms with Crippen molar-refractivity contribution >= 4 is 37.9 Å². The fraction of sp³-hybridized carbons (Fsp3) is 0. The molecule has 1 rings (SSSR count). The molecule has 9 heavy (non-hydrogen) atoms. The molecule has 0 saturated carbocycles. The lowest BCUT2D eigenvalue weighted by molar-refractivity contribution is 1.14. The van der Waals surface area contributed by atoms with Gasteiger partial charge in [0, 0.05) is 14.7 Å². The first-order chi connectivity index (χ1) is 4.22. The van der Waals surface area contributed by atoms with Gasteiger partial charge in [-0.25, -0.2) is 0 Å². The number of thiol groups is 3. The van der Waals surface area contributed by atoms with E-state index >= 15 is 0 Å². The summed E-state index contributed by atoms with van der Waals surface area (Å²) in [4.78, 5) is 2.57. The topological polar surface area (TPSA) is 0 Å². The molecule has 0 radical (unpaired) electrons. The highest BCUT2D eigenvalue weighted by molar-refractivity contribution is 7.85. The highest BCUT2D eigenvalue weighted by Crippen LogP contribution is 2.24. The van der Waals surface area contributed by atoms with Crippen molar-refractivity contribution in [2.45, 2.75) is 14.7 Å². The molecule has 48 valence electrons. The fourth-order valence-corrected chi connectivity index (χ4v) is 1.17. The SMILES string of the molecule is Sc1cccc(S)c1S. The van der Waals surface area contributed by atoms with E-state index in [9.17, 15) is 0 Å². The molecular formula is C6H6S3. The van der Waals surface area contributed by atoms with Crippen LogP contribution in [0.2, 0.25) is 0 Å². The van der Waals surface area contributed by atoms with Gasteiger partial charge in [-0.15, -0.1) is 37.9 Å². The maximum absolute atomic E-state index is 4.16. The van der Waals surface area contributed by atoms with Gasteiger partial charge < -0.3 is 0 Å². The zero-order valence-corrected chi connectivity index (χ0v) is 7.26. The van der Waals surface area contributed by atoms with Gasteiger partial charge in [-0.2, -0.15) is 0 Å². The summed E-state index contributed by atoms with van der Waals surface area (Å²) < 4.78 is 0. The lowest BCUT2D eigenvalue weighted by atomic mass is 10.4. The minimum Gasteiger partial charge on any atom is -0.142 e. The van der Waals surface area contributed by atoms with E-state index in [4.69, 9.17) is 0 Å². The molecule has 3 heteroatoms. The van der Waals surface area contributed by atoms with Crippen LogP contribution in [0.5, 0.6) is 0 Å². The van der Waals surface area contributed by atoms with Crippen molar-refractivity contribution in [3.8, 4) is 0 Å². The lowest BCUT2D eigenvalue weighted by Crippen LogP contribution is -1.71. The fourth-order valence-electron chi connectivity index (χ4n) is 0.519. The summed E-state index contributed by atoms with van der Waals surface area (Å²) in [5.41, 5.74) is 0. The Morgan fingerprint density at radius 3 is 1.67 bits per heavy atom. The lowest BCUT2D eigenvalue weighted by Gasteiger charge is -1.98. The molecule has 0 atom stereocenters. The van der Waals surface area contributed by atoms with E-state index in [2.05, 4.69) is 37.9 Å². The molecule has 0 spiro atoms. The van der Waals surface area contributed by atoms with Crippen LogP contribution in [-0.4, -0.2) is 0 Å². The molecule has 0 heterocycles. The van der Waals surface area contributed by atoms with Crippen LogP contribution in [0, 0.1) is 0 Å². The molecular weight excluding hydrogens is 168 g/mol. The van der Waals surface area contributed by atoms with Crippen molar-refractivity contribution in [3.05, 3.63) is 18.2 Å². The average Bonchev–Trinajstić information content (AvgIpc) is 1.83. The van der Waals surface area contributed by atoms with Gasteiger partial charge in [-0.3, -0.25) is 0 Å². The first-order valence-corrected chi connectivity index (χ1v) is 3.76. The summed E-state index contributed by atoms with van der Waals surface area (Å²) in [6.45, 7) is 0. The van der Waals surface area contributed by atoms with E-state index in [-0.39, 0.29) is 0 Å². The van der Waals surface area contributed by atoms with Crippen molar-refractivity contribution < 1.29 is 0 Å². The van der Waals surface area contributed by atoms with Gasteiger partial charge in [0.05, 0.1) is 0 Å². The molecule has 0 aliphatic rings. The first kappa shape index (κ1) is 7.38. The molecule has 1 aromatic carbocycles. The first-order valence-electron chi connectivity index (χ1n) is 2.41. The average molecular weight is 174 g/mol. The van der Waals surface area contributed by atoms with Gasteiger partial charge in [0.2, 0.25) is 0 Å². The minimum atomic E-state index is 0.837. The monoisotopic (exact) mass is 174 g/mol. The van der Waals surface area contributed by atoms with E-state index in [0.717, 1.165) is 14.7 Å². The van der Waals surface area contributed by atoms with Crippen LogP contribution in [-0.2, 0) is 0 Å². The largest absolute Gasteiger partial charge is 0.142 e. The standard InChI is InChI=1S/C6H6S3/c7-4-2-1-3-5(8)6(4)9/h1-3,7-9H. The van der Waals surface area contributed by atoms with Crippen LogP contribution in [0.4, 0.5) is 0 Å². The van der Waals surface area contributed by atoms with Gasteiger partial charge in [0.25, 0.3) is 0 Å². The summed E-state index contributed by atoms with van der Waals surface area (Å²) >= 11 is 12.4. The summed E-state index contributed by atoms with van der Waals surface area (Å²) in [5, 5.41) is 0. The molecule has 0 aromatic heterocycles. The maximum Gasteiger partial charge on any atom is 0.0308 e. The summed E-state index contributed by atoms with van der Waals surface area (Å²) in [6.07, 6.45) is 0. The predicted molar refractivity (Wildman–Crippen MR) is 48.2 cm³/mol. The summed E-state index contributed by atoms with van der Waals surface area (Å²) in [7, 11) is 0. The molecule has 0 amide bonds. The Labute approximate surface area is 70.9 Å². The molecule has 0 bridgehead atoms. The van der Waals surface area contributed by atoms with Crippen LogP contribution >= 0.6 is 37.9 Å². The Kier molecular flexibility index (Phi) is 2.38. The second-order valence-electron chi connectivity index (χ2n) is 1.64. The van der Waals surface area contributed by atoms with Gasteiger partial charge in [-0.1, -0.05) is 6.07 Å². The maximum atomic E-state index is 4.16. The molecule has 0 N–H and O–H groups in total. The third-order valence-corrected chi connectivity index (χ3v) is 2.57. The highest BCUT2D eigenvalue weighted by atomic mass is 32.1. The molecule has 0 aliphatic heterocycles. The van der Waals surface area contributed by atoms with E-state index in [1.807, 2.05) is 18.2 Å². The van der Waals surface area contributed by atoms with Crippen molar-refractivity contribution in [2.24, 2.45) is 0 Å². The Balaban J connectivity index is 3.25. The molecule has 0 saturated heterocycles. The number of benzene rings is 1. The molecule has 0 fully saturated rings. The Morgan fingerprint density at radius 1 is 0.889 bits per heavy atom. The van der Waals surface area contributed by atoms with Crippen molar-refractivity contribution in [3.63, 3.8) is 0 Å². The van der Waals surface area contributed by atoms with Gasteiger partial charge in [0.1, 0.15) is 0 Å². The van der Waals surface area contributed by atoms with Crippen molar-refractivity contribution in [2.75, 3.05) is 0 Å². The zero-order chi connectivity index (χ0) is 6.85. The van der Waals surface area contributed by atoms with Crippen LogP contribution in [0.1, 0.15) is 0 Å². The smallest absolute Gasteiger partial charge is 0.0308 e. The third kappa shape index (κ3) is 1.60. The Hall–Kier alpha value is 0.270. The number of rotatable bonds is 0. The molecule has 0 nitrogen and oxygen atoms in total. The summed E-state index contributed by atoms with van der Waals surface area (Å²) in [5.74, 6) is 0. The van der Waals surface area contributed by atoms with E-state index < -0.39 is 0 Å². The van der Waals surface area contributed by atoms with Crippen LogP contribution in [0.3, 0.4) is 0 Å². The van der Waals surface area contributed by atoms with E-state index in [1.165, 1.54) is 0 Å². The molecule has 0 unspecified atom stereocenters. The highest BCUT2D eigenvalue weighted by Gasteiger charge is 1.94. The quantitative estimate of drug-likeness (QED) is 0.495. The van der Waals surface area contributed by atoms with Crippen molar-refractivity contribution in [1.29, 1.82) is 0 Å². The summed E-state index contributed by atoms with van der Waals surface area (Å²) in [6, 6.07) is 5.65.